The highest BCUT2D eigenvalue weighted by atomic mass is 16.2. The summed E-state index contributed by atoms with van der Waals surface area (Å²) in [4.78, 5) is 35.3. The van der Waals surface area contributed by atoms with Crippen molar-refractivity contribution in [2.75, 3.05) is 11.1 Å². The summed E-state index contributed by atoms with van der Waals surface area (Å²) in [6, 6.07) is 10.8. The zero-order valence-electron chi connectivity index (χ0n) is 26.1. The van der Waals surface area contributed by atoms with Crippen molar-refractivity contribution >= 4 is 35.6 Å². The summed E-state index contributed by atoms with van der Waals surface area (Å²) in [6.45, 7) is 9.91. The van der Waals surface area contributed by atoms with Gasteiger partial charge in [-0.25, -0.2) is 4.98 Å². The second kappa shape index (κ2) is 13.9. The molecular weight excluding hydrogens is 564 g/mol. The van der Waals surface area contributed by atoms with Crippen molar-refractivity contribution in [3.63, 3.8) is 0 Å². The Hall–Kier alpha value is -4.70. The highest BCUT2D eigenvalue weighted by Crippen LogP contribution is 2.45. The Balaban J connectivity index is 1.38. The van der Waals surface area contributed by atoms with Crippen LogP contribution in [0.25, 0.3) is 11.3 Å². The van der Waals surface area contributed by atoms with Gasteiger partial charge < -0.3 is 22.1 Å². The summed E-state index contributed by atoms with van der Waals surface area (Å²) >= 11 is 0. The van der Waals surface area contributed by atoms with Gasteiger partial charge in [-0.3, -0.25) is 14.6 Å². The van der Waals surface area contributed by atoms with Crippen molar-refractivity contribution in [2.24, 2.45) is 33.7 Å². The Bertz CT molecular complexity index is 1620. The van der Waals surface area contributed by atoms with E-state index in [1.54, 1.807) is 36.7 Å². The molecule has 10 nitrogen and oxygen atoms in total. The van der Waals surface area contributed by atoms with Crippen molar-refractivity contribution < 1.29 is 9.59 Å². The van der Waals surface area contributed by atoms with E-state index < -0.39 is 5.91 Å². The van der Waals surface area contributed by atoms with E-state index in [0.29, 0.717) is 22.9 Å². The fraction of sp³-hybridized carbons (Fsp3) is 0.371. The van der Waals surface area contributed by atoms with Gasteiger partial charge in [0.25, 0.3) is 11.8 Å². The van der Waals surface area contributed by atoms with Gasteiger partial charge in [0.2, 0.25) is 0 Å². The number of hydrogen-bond donors (Lipinski definition) is 4. The van der Waals surface area contributed by atoms with Gasteiger partial charge in [0.15, 0.2) is 5.69 Å². The van der Waals surface area contributed by atoms with Gasteiger partial charge in [-0.1, -0.05) is 12.1 Å². The number of nitrogens with two attached hydrogens (primary N) is 2. The molecule has 234 valence electrons. The molecule has 4 unspecified atom stereocenters. The van der Waals surface area contributed by atoms with Crippen LogP contribution >= 0.6 is 0 Å². The molecule has 3 heterocycles. The van der Waals surface area contributed by atoms with Gasteiger partial charge in [0.05, 0.1) is 23.3 Å². The zero-order valence-corrected chi connectivity index (χ0v) is 26.1. The van der Waals surface area contributed by atoms with Crippen LogP contribution in [0.2, 0.25) is 0 Å². The lowest BCUT2D eigenvalue weighted by Gasteiger charge is -2.43. The lowest BCUT2D eigenvalue weighted by Crippen LogP contribution is -2.45. The number of nitrogen functional groups attached to an aromatic ring is 1. The average molecular weight is 607 g/mol. The number of nitrogens with zero attached hydrogens (tertiary/aromatic N) is 4. The van der Waals surface area contributed by atoms with Crippen LogP contribution in [0, 0.1) is 24.7 Å². The third kappa shape index (κ3) is 7.17. The number of rotatable bonds is 8. The monoisotopic (exact) mass is 606 g/mol. The predicted molar refractivity (Wildman–Crippen MR) is 180 cm³/mol. The van der Waals surface area contributed by atoms with Gasteiger partial charge in [-0.15, -0.1) is 6.58 Å². The smallest absolute Gasteiger partial charge is 0.276 e. The van der Waals surface area contributed by atoms with E-state index in [-0.39, 0.29) is 47.1 Å². The van der Waals surface area contributed by atoms with Gasteiger partial charge in [-0.2, -0.15) is 10.2 Å². The molecule has 1 aromatic carbocycles. The van der Waals surface area contributed by atoms with Gasteiger partial charge in [-0.05, 0) is 112 Å². The molecule has 2 aromatic heterocycles. The number of nitrogens with one attached hydrogen (secondary N) is 2. The Morgan fingerprint density at radius 3 is 2.51 bits per heavy atom. The molecule has 3 aromatic rings. The molecule has 1 aliphatic heterocycles. The molecular formula is C35H42N8O2. The quantitative estimate of drug-likeness (QED) is 0.247. The van der Waals surface area contributed by atoms with E-state index >= 15 is 0 Å². The van der Waals surface area contributed by atoms with Gasteiger partial charge in [0.1, 0.15) is 0 Å². The SMILES string of the molecule is C=CC1CC(c2ccncc2NC(=O)c2nc(-c3cc(C(=O)NC(C)C)ccc3C)ccc2N)CC(N)C1C1CC=NN=CC1. The number of pyridine rings is 2. The first-order chi connectivity index (χ1) is 21.7. The molecule has 1 fully saturated rings. The van der Waals surface area contributed by atoms with E-state index in [9.17, 15) is 9.59 Å². The van der Waals surface area contributed by atoms with E-state index in [4.69, 9.17) is 11.5 Å². The summed E-state index contributed by atoms with van der Waals surface area (Å²) in [5.74, 6) is 0.310. The number of hydrogen-bond acceptors (Lipinski definition) is 8. The maximum Gasteiger partial charge on any atom is 0.276 e. The van der Waals surface area contributed by atoms with Crippen LogP contribution in [-0.4, -0.2) is 46.3 Å². The first-order valence-electron chi connectivity index (χ1n) is 15.5. The molecule has 10 heteroatoms. The zero-order chi connectivity index (χ0) is 32.1. The summed E-state index contributed by atoms with van der Waals surface area (Å²) < 4.78 is 0. The lowest BCUT2D eigenvalue weighted by molar-refractivity contribution is 0.0942. The van der Waals surface area contributed by atoms with Crippen LogP contribution in [0.1, 0.15) is 77.4 Å². The van der Waals surface area contributed by atoms with E-state index in [2.05, 4.69) is 37.4 Å². The second-order valence-corrected chi connectivity index (χ2v) is 12.3. The Morgan fingerprint density at radius 2 is 1.80 bits per heavy atom. The Kier molecular flexibility index (Phi) is 9.83. The molecule has 0 radical (unpaired) electrons. The van der Waals surface area contributed by atoms with E-state index in [0.717, 1.165) is 42.4 Å². The number of carbonyl (C=O) groups is 2. The van der Waals surface area contributed by atoms with E-state index in [1.165, 1.54) is 0 Å². The maximum absolute atomic E-state index is 13.7. The van der Waals surface area contributed by atoms with Crippen LogP contribution in [0.4, 0.5) is 11.4 Å². The van der Waals surface area contributed by atoms with Crippen LogP contribution in [0.15, 0.2) is 71.6 Å². The van der Waals surface area contributed by atoms with E-state index in [1.807, 2.05) is 51.4 Å². The summed E-state index contributed by atoms with van der Waals surface area (Å²) in [5, 5.41) is 14.1. The highest BCUT2D eigenvalue weighted by molar-refractivity contribution is 6.07. The molecule has 45 heavy (non-hydrogen) atoms. The maximum atomic E-state index is 13.7. The molecule has 4 atom stereocenters. The number of allylic oxidation sites excluding steroid dienone is 1. The summed E-state index contributed by atoms with van der Waals surface area (Å²) in [7, 11) is 0. The first-order valence-corrected chi connectivity index (χ1v) is 15.5. The van der Waals surface area contributed by atoms with Crippen molar-refractivity contribution in [1.29, 1.82) is 0 Å². The standard InChI is InChI=1S/C35H42N8O2/c1-5-22-16-25(18-29(37)32(22)23-10-14-39-40-15-11-23)26-12-13-38-19-31(26)43-35(45)33-28(36)8-9-30(42-33)27-17-24(7-6-21(27)4)34(44)41-20(2)3/h5-9,12-15,17,19-20,22-23,25,29,32H,1,10-11,16,18,36-37H2,2-4H3,(H,41,44)(H,43,45). The first kappa shape index (κ1) is 31.7. The highest BCUT2D eigenvalue weighted by Gasteiger charge is 2.40. The number of aromatic nitrogens is 2. The minimum atomic E-state index is -0.440. The fourth-order valence-corrected chi connectivity index (χ4v) is 6.70. The predicted octanol–water partition coefficient (Wildman–Crippen LogP) is 5.51. The molecule has 2 amide bonds. The van der Waals surface area contributed by atoms with Crippen LogP contribution in [0.3, 0.4) is 0 Å². The fourth-order valence-electron chi connectivity index (χ4n) is 6.70. The number of aryl methyl sites for hydroxylation is 1. The van der Waals surface area contributed by atoms with Gasteiger partial charge >= 0.3 is 0 Å². The molecule has 5 rings (SSSR count). The third-order valence-electron chi connectivity index (χ3n) is 8.88. The number of amides is 2. The molecule has 6 N–H and O–H groups in total. The van der Waals surface area contributed by atoms with Crippen molar-refractivity contribution in [3.8, 4) is 11.3 Å². The molecule has 0 bridgehead atoms. The second-order valence-electron chi connectivity index (χ2n) is 12.3. The minimum Gasteiger partial charge on any atom is -0.397 e. The van der Waals surface area contributed by atoms with Crippen molar-refractivity contribution in [2.45, 2.75) is 64.5 Å². The summed E-state index contributed by atoms with van der Waals surface area (Å²) in [5.41, 5.74) is 17.8. The lowest BCUT2D eigenvalue weighted by atomic mass is 9.64. The largest absolute Gasteiger partial charge is 0.397 e. The molecule has 2 aliphatic rings. The third-order valence-corrected chi connectivity index (χ3v) is 8.88. The van der Waals surface area contributed by atoms with Gasteiger partial charge in [0, 0.05) is 41.8 Å². The molecule has 0 spiro atoms. The average Bonchev–Trinajstić information content (AvgIpc) is 3.30. The molecule has 1 saturated carbocycles. The molecule has 1 aliphatic carbocycles. The van der Waals surface area contributed by atoms with Crippen molar-refractivity contribution in [3.05, 3.63) is 83.8 Å². The minimum absolute atomic E-state index is 0.00411. The topological polar surface area (TPSA) is 161 Å². The van der Waals surface area contributed by atoms with Crippen molar-refractivity contribution in [1.82, 2.24) is 15.3 Å². The van der Waals surface area contributed by atoms with Crippen LogP contribution in [-0.2, 0) is 0 Å². The number of carbonyl (C=O) groups excluding carboxylic acids is 2. The molecule has 0 saturated heterocycles. The Labute approximate surface area is 264 Å². The Morgan fingerprint density at radius 1 is 1.04 bits per heavy atom. The number of anilines is 2. The summed E-state index contributed by atoms with van der Waals surface area (Å²) in [6.07, 6.45) is 12.5. The van der Waals surface area contributed by atoms with Crippen LogP contribution in [0.5, 0.6) is 0 Å². The number of benzene rings is 1. The van der Waals surface area contributed by atoms with Crippen LogP contribution < -0.4 is 22.1 Å². The normalized spacial score (nSPS) is 21.7.